The second-order valence-electron chi connectivity index (χ2n) is 4.98. The van der Waals surface area contributed by atoms with Gasteiger partial charge in [0.2, 0.25) is 0 Å². The average Bonchev–Trinajstić information content (AvgIpc) is 2.42. The molecule has 1 fully saturated rings. The number of amides is 1. The summed E-state index contributed by atoms with van der Waals surface area (Å²) in [6.07, 6.45) is 2.51. The third-order valence-corrected chi connectivity index (χ3v) is 4.15. The standard InChI is InChI=1S/C14H15Cl2NO3/c15-9-3-6-12(16)11(7-9)13(18)17-10-4-1-8(2-5-10)14(19)20/h3,6-8,10H,1-2,4-5H2,(H,17,18)(H,19,20). The van der Waals surface area contributed by atoms with Crippen LogP contribution in [-0.4, -0.2) is 23.0 Å². The fourth-order valence-electron chi connectivity index (χ4n) is 2.42. The Balaban J connectivity index is 1.96. The van der Waals surface area contributed by atoms with Gasteiger partial charge in [-0.05, 0) is 43.9 Å². The maximum atomic E-state index is 12.1. The molecule has 2 N–H and O–H groups in total. The fourth-order valence-corrected chi connectivity index (χ4v) is 2.79. The van der Waals surface area contributed by atoms with Crippen LogP contribution < -0.4 is 5.32 Å². The van der Waals surface area contributed by atoms with Gasteiger partial charge < -0.3 is 10.4 Å². The molecule has 0 atom stereocenters. The zero-order chi connectivity index (χ0) is 14.7. The van der Waals surface area contributed by atoms with Gasteiger partial charge in [-0.3, -0.25) is 9.59 Å². The largest absolute Gasteiger partial charge is 0.481 e. The van der Waals surface area contributed by atoms with Crippen molar-refractivity contribution in [3.8, 4) is 0 Å². The Morgan fingerprint density at radius 2 is 1.80 bits per heavy atom. The van der Waals surface area contributed by atoms with Crippen molar-refractivity contribution in [2.45, 2.75) is 31.7 Å². The van der Waals surface area contributed by atoms with Crippen LogP contribution in [0.5, 0.6) is 0 Å². The first-order valence-electron chi connectivity index (χ1n) is 6.46. The number of carbonyl (C=O) groups excluding carboxylic acids is 1. The lowest BCUT2D eigenvalue weighted by molar-refractivity contribution is -0.142. The highest BCUT2D eigenvalue weighted by Crippen LogP contribution is 2.26. The Kier molecular flexibility index (Phi) is 4.89. The molecule has 0 aromatic heterocycles. The third kappa shape index (κ3) is 3.64. The molecule has 0 radical (unpaired) electrons. The van der Waals surface area contributed by atoms with Crippen molar-refractivity contribution in [2.24, 2.45) is 5.92 Å². The Morgan fingerprint density at radius 1 is 1.15 bits per heavy atom. The van der Waals surface area contributed by atoms with E-state index >= 15 is 0 Å². The third-order valence-electron chi connectivity index (χ3n) is 3.58. The van der Waals surface area contributed by atoms with Crippen molar-refractivity contribution in [3.63, 3.8) is 0 Å². The van der Waals surface area contributed by atoms with Gasteiger partial charge in [0.25, 0.3) is 5.91 Å². The summed E-state index contributed by atoms with van der Waals surface area (Å²) < 4.78 is 0. The highest BCUT2D eigenvalue weighted by atomic mass is 35.5. The SMILES string of the molecule is O=C(NC1CCC(C(=O)O)CC1)c1cc(Cl)ccc1Cl. The molecule has 0 bridgehead atoms. The summed E-state index contributed by atoms with van der Waals surface area (Å²) in [5, 5.41) is 12.6. The number of carboxylic acid groups (broad SMARTS) is 1. The Hall–Kier alpha value is -1.26. The molecule has 2 rings (SSSR count). The molecule has 20 heavy (non-hydrogen) atoms. The maximum Gasteiger partial charge on any atom is 0.306 e. The molecule has 0 saturated heterocycles. The van der Waals surface area contributed by atoms with Gasteiger partial charge >= 0.3 is 5.97 Å². The smallest absolute Gasteiger partial charge is 0.306 e. The van der Waals surface area contributed by atoms with Crippen LogP contribution in [0.1, 0.15) is 36.0 Å². The molecule has 1 aromatic carbocycles. The van der Waals surface area contributed by atoms with Crippen LogP contribution in [0.25, 0.3) is 0 Å². The monoisotopic (exact) mass is 315 g/mol. The predicted octanol–water partition coefficient (Wildman–Crippen LogP) is 3.37. The first-order valence-corrected chi connectivity index (χ1v) is 7.21. The number of carbonyl (C=O) groups is 2. The van der Waals surface area contributed by atoms with E-state index < -0.39 is 5.97 Å². The molecule has 4 nitrogen and oxygen atoms in total. The van der Waals surface area contributed by atoms with Crippen molar-refractivity contribution in [2.75, 3.05) is 0 Å². The lowest BCUT2D eigenvalue weighted by atomic mass is 9.86. The second-order valence-corrected chi connectivity index (χ2v) is 5.83. The van der Waals surface area contributed by atoms with Crippen LogP contribution in [0.3, 0.4) is 0 Å². The highest BCUT2D eigenvalue weighted by Gasteiger charge is 2.27. The molecule has 1 aliphatic rings. The van der Waals surface area contributed by atoms with Crippen molar-refractivity contribution < 1.29 is 14.7 Å². The second kappa shape index (κ2) is 6.46. The quantitative estimate of drug-likeness (QED) is 0.898. The van der Waals surface area contributed by atoms with Gasteiger partial charge in [0, 0.05) is 11.1 Å². The number of aliphatic carboxylic acids is 1. The molecule has 1 aromatic rings. The van der Waals surface area contributed by atoms with Gasteiger partial charge in [-0.1, -0.05) is 23.2 Å². The minimum Gasteiger partial charge on any atom is -0.481 e. The van der Waals surface area contributed by atoms with E-state index in [9.17, 15) is 9.59 Å². The van der Waals surface area contributed by atoms with Crippen molar-refractivity contribution >= 4 is 35.1 Å². The van der Waals surface area contributed by atoms with Gasteiger partial charge in [0.15, 0.2) is 0 Å². The normalized spacial score (nSPS) is 22.3. The summed E-state index contributed by atoms with van der Waals surface area (Å²) in [7, 11) is 0. The molecule has 0 spiro atoms. The van der Waals surface area contributed by atoms with E-state index in [1.807, 2.05) is 0 Å². The number of carboxylic acids is 1. The highest BCUT2D eigenvalue weighted by molar-refractivity contribution is 6.35. The lowest BCUT2D eigenvalue weighted by Gasteiger charge is -2.26. The Labute approximate surface area is 127 Å². The summed E-state index contributed by atoms with van der Waals surface area (Å²) >= 11 is 11.8. The molecule has 0 aliphatic heterocycles. The number of hydrogen-bond acceptors (Lipinski definition) is 2. The van der Waals surface area contributed by atoms with Crippen LogP contribution in [-0.2, 0) is 4.79 Å². The summed E-state index contributed by atoms with van der Waals surface area (Å²) in [6, 6.07) is 4.73. The van der Waals surface area contributed by atoms with Gasteiger partial charge in [0.1, 0.15) is 0 Å². The summed E-state index contributed by atoms with van der Waals surface area (Å²) in [5.74, 6) is -1.32. The minimum atomic E-state index is -0.757. The van der Waals surface area contributed by atoms with Gasteiger partial charge in [-0.2, -0.15) is 0 Å². The average molecular weight is 316 g/mol. The topological polar surface area (TPSA) is 66.4 Å². The summed E-state index contributed by atoms with van der Waals surface area (Å²) in [6.45, 7) is 0. The minimum absolute atomic E-state index is 0.00634. The van der Waals surface area contributed by atoms with Crippen LogP contribution in [0.4, 0.5) is 0 Å². The number of benzene rings is 1. The first kappa shape index (κ1) is 15.1. The van der Waals surface area contributed by atoms with Crippen molar-refractivity contribution in [1.82, 2.24) is 5.32 Å². The molecule has 0 unspecified atom stereocenters. The van der Waals surface area contributed by atoms with Gasteiger partial charge in [-0.25, -0.2) is 0 Å². The van der Waals surface area contributed by atoms with E-state index in [-0.39, 0.29) is 17.9 Å². The van der Waals surface area contributed by atoms with Crippen molar-refractivity contribution in [3.05, 3.63) is 33.8 Å². The zero-order valence-electron chi connectivity index (χ0n) is 10.7. The molecule has 1 amide bonds. The first-order chi connectivity index (χ1) is 9.47. The van der Waals surface area contributed by atoms with E-state index in [1.54, 1.807) is 12.1 Å². The predicted molar refractivity (Wildman–Crippen MR) is 77.3 cm³/mol. The number of halogens is 2. The van der Waals surface area contributed by atoms with Gasteiger partial charge in [0.05, 0.1) is 16.5 Å². The van der Waals surface area contributed by atoms with E-state index in [0.717, 1.165) is 0 Å². The van der Waals surface area contributed by atoms with Crippen LogP contribution in [0.15, 0.2) is 18.2 Å². The summed E-state index contributed by atoms with van der Waals surface area (Å²) in [5.41, 5.74) is 0.347. The van der Waals surface area contributed by atoms with Crippen LogP contribution in [0.2, 0.25) is 10.0 Å². The summed E-state index contributed by atoms with van der Waals surface area (Å²) in [4.78, 5) is 23.0. The number of nitrogens with one attached hydrogen (secondary N) is 1. The number of hydrogen-bond donors (Lipinski definition) is 2. The molecule has 108 valence electrons. The Morgan fingerprint density at radius 3 is 2.40 bits per heavy atom. The molecular weight excluding hydrogens is 301 g/mol. The maximum absolute atomic E-state index is 12.1. The van der Waals surface area contributed by atoms with E-state index in [4.69, 9.17) is 28.3 Å². The van der Waals surface area contributed by atoms with Crippen LogP contribution >= 0.6 is 23.2 Å². The number of rotatable bonds is 3. The Bertz CT molecular complexity index is 525. The van der Waals surface area contributed by atoms with Crippen molar-refractivity contribution in [1.29, 1.82) is 0 Å². The fraction of sp³-hybridized carbons (Fsp3) is 0.429. The lowest BCUT2D eigenvalue weighted by Crippen LogP contribution is -2.38. The molecular formula is C14H15Cl2NO3. The van der Waals surface area contributed by atoms with E-state index in [2.05, 4.69) is 5.32 Å². The molecule has 1 aliphatic carbocycles. The van der Waals surface area contributed by atoms with Crippen LogP contribution in [0, 0.1) is 5.92 Å². The molecule has 6 heteroatoms. The molecule has 1 saturated carbocycles. The molecule has 0 heterocycles. The van der Waals surface area contributed by atoms with E-state index in [1.165, 1.54) is 6.07 Å². The van der Waals surface area contributed by atoms with E-state index in [0.29, 0.717) is 41.3 Å². The van der Waals surface area contributed by atoms with Gasteiger partial charge in [-0.15, -0.1) is 0 Å². The zero-order valence-corrected chi connectivity index (χ0v) is 12.2.